The summed E-state index contributed by atoms with van der Waals surface area (Å²) in [6.45, 7) is 1.59. The van der Waals surface area contributed by atoms with Gasteiger partial charge in [0.25, 0.3) is 5.91 Å². The largest absolute Gasteiger partial charge is 0.482 e. The van der Waals surface area contributed by atoms with Crippen molar-refractivity contribution in [3.8, 4) is 11.5 Å². The van der Waals surface area contributed by atoms with Gasteiger partial charge in [0, 0.05) is 5.56 Å². The molecule has 4 rings (SSSR count). The summed E-state index contributed by atoms with van der Waals surface area (Å²) in [5.74, 6) is -1.14. The summed E-state index contributed by atoms with van der Waals surface area (Å²) in [4.78, 5) is 25.2. The van der Waals surface area contributed by atoms with Crippen molar-refractivity contribution in [3.63, 3.8) is 0 Å². The Morgan fingerprint density at radius 2 is 1.77 bits per heavy atom. The van der Waals surface area contributed by atoms with Gasteiger partial charge >= 0.3 is 18.5 Å². The van der Waals surface area contributed by atoms with E-state index in [0.29, 0.717) is 22.4 Å². The lowest BCUT2D eigenvalue weighted by molar-refractivity contribution is -0.253. The quantitative estimate of drug-likeness (QED) is 0.174. The maximum Gasteiger partial charge on any atom is 0.461 e. The molecule has 0 radical (unpaired) electrons. The zero-order valence-corrected chi connectivity index (χ0v) is 24.0. The third-order valence-corrected chi connectivity index (χ3v) is 6.99. The maximum atomic E-state index is 13.6. The Morgan fingerprint density at radius 1 is 1.02 bits per heavy atom. The zero-order chi connectivity index (χ0) is 31.7. The van der Waals surface area contributed by atoms with Crippen molar-refractivity contribution < 1.29 is 46.5 Å². The molecule has 1 amide bonds. The molecule has 0 aromatic heterocycles. The van der Waals surface area contributed by atoms with E-state index in [0.717, 1.165) is 42.5 Å². The van der Waals surface area contributed by atoms with Crippen LogP contribution >= 0.6 is 0 Å². The number of esters is 1. The second-order valence-electron chi connectivity index (χ2n) is 10.2. The first-order chi connectivity index (χ1) is 21.1. The molecule has 0 saturated carbocycles. The molecule has 3 aromatic rings. The van der Waals surface area contributed by atoms with Crippen LogP contribution in [0.15, 0.2) is 72.8 Å². The molecule has 2 unspecified atom stereocenters. The maximum absolute atomic E-state index is 13.6. The topological polar surface area (TPSA) is 94.1 Å². The molecule has 0 fully saturated rings. The van der Waals surface area contributed by atoms with Gasteiger partial charge in [-0.15, -0.1) is 0 Å². The fraction of sp³-hybridized carbons (Fsp3) is 0.333. The summed E-state index contributed by atoms with van der Waals surface area (Å²) in [6.07, 6.45) is -3.54. The molecular formula is C33H33F4NO6. The number of benzene rings is 3. The predicted octanol–water partition coefficient (Wildman–Crippen LogP) is 6.29. The number of aliphatic hydroxyl groups is 1. The number of allylic oxidation sites excluding steroid dienone is 1. The van der Waals surface area contributed by atoms with E-state index in [9.17, 15) is 32.3 Å². The third kappa shape index (κ3) is 8.59. The molecule has 11 heteroatoms. The van der Waals surface area contributed by atoms with E-state index in [1.165, 1.54) is 6.07 Å². The Kier molecular flexibility index (Phi) is 11.0. The molecule has 0 heterocycles. The van der Waals surface area contributed by atoms with Crippen molar-refractivity contribution in [2.45, 2.75) is 57.3 Å². The van der Waals surface area contributed by atoms with Crippen LogP contribution in [0.4, 0.5) is 17.6 Å². The molecule has 2 atom stereocenters. The second kappa shape index (κ2) is 14.9. The van der Waals surface area contributed by atoms with Gasteiger partial charge in [-0.2, -0.15) is 17.6 Å². The lowest BCUT2D eigenvalue weighted by atomic mass is 9.94. The summed E-state index contributed by atoms with van der Waals surface area (Å²) in [5.41, 5.74) is 2.95. The van der Waals surface area contributed by atoms with E-state index >= 15 is 0 Å². The van der Waals surface area contributed by atoms with E-state index in [1.54, 1.807) is 49.4 Å². The molecule has 7 nitrogen and oxygen atoms in total. The van der Waals surface area contributed by atoms with Crippen LogP contribution in [0.3, 0.4) is 0 Å². The van der Waals surface area contributed by atoms with E-state index in [4.69, 9.17) is 9.47 Å². The molecule has 0 aliphatic heterocycles. The van der Waals surface area contributed by atoms with Crippen molar-refractivity contribution in [1.82, 2.24) is 5.32 Å². The number of fused-ring (bicyclic) bond motifs is 1. The van der Waals surface area contributed by atoms with Crippen molar-refractivity contribution in [3.05, 3.63) is 101 Å². The first-order valence-corrected chi connectivity index (χ1v) is 14.2. The second-order valence-corrected chi connectivity index (χ2v) is 10.2. The monoisotopic (exact) mass is 615 g/mol. The van der Waals surface area contributed by atoms with Gasteiger partial charge in [0.2, 0.25) is 0 Å². The number of alkyl halides is 4. The van der Waals surface area contributed by atoms with Crippen LogP contribution in [0.2, 0.25) is 0 Å². The first-order valence-electron chi connectivity index (χ1n) is 14.2. The Balaban J connectivity index is 1.59. The fourth-order valence-corrected chi connectivity index (χ4v) is 4.86. The number of nitrogens with one attached hydrogen (secondary N) is 1. The first kappa shape index (κ1) is 32.5. The van der Waals surface area contributed by atoms with Crippen molar-refractivity contribution in [1.29, 1.82) is 0 Å². The number of amides is 1. The highest BCUT2D eigenvalue weighted by molar-refractivity contribution is 5.98. The number of aryl methyl sites for hydroxylation is 1. The molecule has 0 bridgehead atoms. The summed E-state index contributed by atoms with van der Waals surface area (Å²) >= 11 is 0. The number of halogens is 4. The molecular weight excluding hydrogens is 582 g/mol. The Bertz CT molecular complexity index is 1460. The minimum atomic E-state index is -4.69. The van der Waals surface area contributed by atoms with Gasteiger partial charge < -0.3 is 24.6 Å². The zero-order valence-electron chi connectivity index (χ0n) is 24.0. The Labute approximate surface area is 252 Å². The van der Waals surface area contributed by atoms with Crippen LogP contribution in [0, 0.1) is 0 Å². The van der Waals surface area contributed by atoms with E-state index in [-0.39, 0.29) is 19.6 Å². The van der Waals surface area contributed by atoms with Gasteiger partial charge in [0.15, 0.2) is 6.61 Å². The van der Waals surface area contributed by atoms with E-state index in [1.807, 2.05) is 18.2 Å². The number of aliphatic hydroxyl groups excluding tert-OH is 1. The average Bonchev–Trinajstić information content (AvgIpc) is 3.25. The molecule has 0 spiro atoms. The normalized spacial score (nSPS) is 14.2. The van der Waals surface area contributed by atoms with E-state index in [2.05, 4.69) is 10.1 Å². The molecule has 2 N–H and O–H groups in total. The van der Waals surface area contributed by atoms with Gasteiger partial charge in [-0.25, -0.2) is 4.79 Å². The Hall–Kier alpha value is -4.38. The van der Waals surface area contributed by atoms with Gasteiger partial charge in [-0.3, -0.25) is 4.79 Å². The molecule has 1 aliphatic rings. The van der Waals surface area contributed by atoms with Crippen LogP contribution in [0.25, 0.3) is 6.08 Å². The fourth-order valence-electron chi connectivity index (χ4n) is 4.86. The highest BCUT2D eigenvalue weighted by atomic mass is 19.3. The van der Waals surface area contributed by atoms with Crippen LogP contribution in [0.1, 0.15) is 58.5 Å². The average molecular weight is 616 g/mol. The summed E-state index contributed by atoms with van der Waals surface area (Å²) in [7, 11) is 0. The molecule has 44 heavy (non-hydrogen) atoms. The lowest BCUT2D eigenvalue weighted by Crippen LogP contribution is -2.41. The van der Waals surface area contributed by atoms with Gasteiger partial charge in [-0.05, 0) is 85.2 Å². The molecule has 234 valence electrons. The smallest absolute Gasteiger partial charge is 0.461 e. The molecule has 0 saturated heterocycles. The van der Waals surface area contributed by atoms with Gasteiger partial charge in [0.1, 0.15) is 11.5 Å². The van der Waals surface area contributed by atoms with Crippen LogP contribution < -0.4 is 14.8 Å². The van der Waals surface area contributed by atoms with Gasteiger partial charge in [-0.1, -0.05) is 48.6 Å². The Morgan fingerprint density at radius 3 is 2.50 bits per heavy atom. The van der Waals surface area contributed by atoms with Crippen molar-refractivity contribution >= 4 is 18.0 Å². The summed E-state index contributed by atoms with van der Waals surface area (Å²) in [6, 6.07) is 15.8. The summed E-state index contributed by atoms with van der Waals surface area (Å²) in [5, 5.41) is 14.3. The van der Waals surface area contributed by atoms with Crippen LogP contribution in [0.5, 0.6) is 11.5 Å². The highest BCUT2D eigenvalue weighted by Gasteiger charge is 2.44. The van der Waals surface area contributed by atoms with Gasteiger partial charge in [0.05, 0.1) is 18.8 Å². The van der Waals surface area contributed by atoms with Crippen molar-refractivity contribution in [2.75, 3.05) is 13.2 Å². The number of carbonyl (C=O) groups is 2. The van der Waals surface area contributed by atoms with Crippen LogP contribution in [-0.4, -0.2) is 48.8 Å². The summed E-state index contributed by atoms with van der Waals surface area (Å²) < 4.78 is 67.0. The minimum Gasteiger partial charge on any atom is -0.482 e. The molecule has 3 aromatic carbocycles. The third-order valence-electron chi connectivity index (χ3n) is 6.99. The van der Waals surface area contributed by atoms with E-state index < -0.39 is 42.3 Å². The minimum absolute atomic E-state index is 0.0592. The number of hydrogen-bond acceptors (Lipinski definition) is 6. The SMILES string of the molecule is CCOC(=O)COc1ccc(C(O)C(Cc2cccc(OC(F)(F)C(F)F)c2)NC(=O)c2cccc3c2C=CCCC3)cc1. The van der Waals surface area contributed by atoms with Crippen molar-refractivity contribution in [2.24, 2.45) is 0 Å². The number of rotatable bonds is 13. The number of ether oxygens (including phenoxy) is 3. The standard InChI is InChI=1S/C33H33F4NO6/c1-2-42-29(39)20-43-24-16-14-23(15-17-24)30(40)28(19-21-8-6-11-25(18-21)44-33(36,37)32(34)35)38-31(41)27-13-7-10-22-9-4-3-5-12-26(22)27/h5-8,10-18,28,30,32,40H,2-4,9,19-20H2,1H3,(H,38,41). The lowest BCUT2D eigenvalue weighted by Gasteiger charge is -2.26. The highest BCUT2D eigenvalue weighted by Crippen LogP contribution is 2.30. The number of carbonyl (C=O) groups excluding carboxylic acids is 2. The predicted molar refractivity (Wildman–Crippen MR) is 155 cm³/mol. The van der Waals surface area contributed by atoms with Crippen LogP contribution in [-0.2, 0) is 22.4 Å². The number of hydrogen-bond donors (Lipinski definition) is 2. The molecule has 1 aliphatic carbocycles.